The Labute approximate surface area is 112 Å². The van der Waals surface area contributed by atoms with Gasteiger partial charge in [-0.05, 0) is 13.3 Å². The third kappa shape index (κ3) is 3.98. The number of methoxy groups -OCH3 is 1. The first-order valence-electron chi connectivity index (χ1n) is 5.92. The fourth-order valence-electron chi connectivity index (χ4n) is 1.48. The van der Waals surface area contributed by atoms with Crippen LogP contribution in [-0.4, -0.2) is 24.6 Å². The van der Waals surface area contributed by atoms with Crippen molar-refractivity contribution in [1.82, 2.24) is 4.98 Å². The van der Waals surface area contributed by atoms with E-state index in [4.69, 9.17) is 26.2 Å². The molecule has 0 aliphatic carbocycles. The molecule has 0 aliphatic rings. The van der Waals surface area contributed by atoms with Crippen molar-refractivity contribution >= 4 is 17.3 Å². The van der Waals surface area contributed by atoms with Crippen LogP contribution in [0, 0.1) is 11.3 Å². The van der Waals surface area contributed by atoms with E-state index in [-0.39, 0.29) is 29.6 Å². The van der Waals surface area contributed by atoms with Crippen LogP contribution in [0.3, 0.4) is 0 Å². The molecule has 2 atom stereocenters. The Kier molecular flexibility index (Phi) is 5.36. The maximum atomic E-state index is 9.09. The fourth-order valence-corrected chi connectivity index (χ4v) is 1.48. The Bertz CT molecular complexity index is 472. The van der Waals surface area contributed by atoms with E-state index in [2.05, 4.69) is 10.3 Å². The van der Waals surface area contributed by atoms with Gasteiger partial charge in [-0.25, -0.2) is 4.98 Å². The number of rotatable bonds is 6. The third-order valence-corrected chi connectivity index (χ3v) is 2.54. The Balaban J connectivity index is 2.94. The van der Waals surface area contributed by atoms with Crippen LogP contribution in [0.1, 0.15) is 25.8 Å². The summed E-state index contributed by atoms with van der Waals surface area (Å²) < 4.78 is 10.6. The van der Waals surface area contributed by atoms with Gasteiger partial charge in [-0.15, -0.1) is 0 Å². The van der Waals surface area contributed by atoms with Gasteiger partial charge < -0.3 is 26.3 Å². The van der Waals surface area contributed by atoms with E-state index in [0.717, 1.165) is 0 Å². The van der Waals surface area contributed by atoms with Crippen molar-refractivity contribution < 1.29 is 9.47 Å². The van der Waals surface area contributed by atoms with E-state index in [1.54, 1.807) is 14.0 Å². The molecule has 0 aliphatic heterocycles. The van der Waals surface area contributed by atoms with Crippen LogP contribution in [0.2, 0.25) is 0 Å². The monoisotopic (exact) mass is 265 g/mol. The second kappa shape index (κ2) is 6.78. The minimum absolute atomic E-state index is 0.244. The lowest BCUT2D eigenvalue weighted by Gasteiger charge is -2.22. The average Bonchev–Trinajstić information content (AvgIpc) is 2.37. The van der Waals surface area contributed by atoms with Crippen molar-refractivity contribution in [2.24, 2.45) is 0 Å². The van der Waals surface area contributed by atoms with Gasteiger partial charge in [0.1, 0.15) is 29.5 Å². The zero-order chi connectivity index (χ0) is 14.4. The Morgan fingerprint density at radius 1 is 1.53 bits per heavy atom. The molecule has 104 valence electrons. The highest BCUT2D eigenvalue weighted by molar-refractivity contribution is 5.69. The first-order valence-corrected chi connectivity index (χ1v) is 5.92. The number of nitrogens with two attached hydrogens (primary N) is 2. The van der Waals surface area contributed by atoms with Gasteiger partial charge >= 0.3 is 0 Å². The number of aromatic nitrogens is 1. The molecule has 2 unspecified atom stereocenters. The summed E-state index contributed by atoms with van der Waals surface area (Å²) in [7, 11) is 1.55. The molecule has 0 aromatic carbocycles. The van der Waals surface area contributed by atoms with Crippen molar-refractivity contribution in [2.45, 2.75) is 32.8 Å². The highest BCUT2D eigenvalue weighted by Gasteiger charge is 2.16. The van der Waals surface area contributed by atoms with Gasteiger partial charge in [0.05, 0.1) is 5.69 Å². The van der Waals surface area contributed by atoms with E-state index >= 15 is 0 Å². The van der Waals surface area contributed by atoms with Crippen LogP contribution < -0.4 is 16.8 Å². The normalized spacial score (nSPS) is 13.6. The third-order valence-electron chi connectivity index (χ3n) is 2.54. The van der Waals surface area contributed by atoms with Crippen LogP contribution in [-0.2, 0) is 9.47 Å². The van der Waals surface area contributed by atoms with Gasteiger partial charge in [0.25, 0.3) is 0 Å². The summed E-state index contributed by atoms with van der Waals surface area (Å²) in [6, 6.07) is 3.44. The molecular weight excluding hydrogens is 246 g/mol. The number of hydrogen-bond donors (Lipinski definition) is 3. The highest BCUT2D eigenvalue weighted by Crippen LogP contribution is 2.23. The van der Waals surface area contributed by atoms with E-state index in [1.165, 1.54) is 6.07 Å². The zero-order valence-corrected chi connectivity index (χ0v) is 11.3. The molecule has 0 radical (unpaired) electrons. The molecule has 0 saturated heterocycles. The van der Waals surface area contributed by atoms with Crippen LogP contribution in [0.4, 0.5) is 17.3 Å². The number of nitriles is 1. The maximum Gasteiger partial charge on any atom is 0.157 e. The van der Waals surface area contributed by atoms with Crippen molar-refractivity contribution in [3.8, 4) is 6.07 Å². The summed E-state index contributed by atoms with van der Waals surface area (Å²) in [4.78, 5) is 4.07. The molecule has 0 saturated carbocycles. The van der Waals surface area contributed by atoms with Crippen LogP contribution in [0.5, 0.6) is 0 Å². The Morgan fingerprint density at radius 2 is 2.21 bits per heavy atom. The minimum Gasteiger partial charge on any atom is -0.397 e. The lowest BCUT2D eigenvalue weighted by Crippen LogP contribution is -2.28. The van der Waals surface area contributed by atoms with Gasteiger partial charge in [0.15, 0.2) is 6.29 Å². The summed E-state index contributed by atoms with van der Waals surface area (Å²) in [6.07, 6.45) is -0.0632. The van der Waals surface area contributed by atoms with E-state index in [9.17, 15) is 0 Å². The summed E-state index contributed by atoms with van der Waals surface area (Å²) in [5, 5.41) is 12.1. The molecular formula is C12H19N5O2. The van der Waals surface area contributed by atoms with Gasteiger partial charge in [0.2, 0.25) is 0 Å². The standard InChI is InChI=1S/C12H19N5O2/c1-4-11(19-7(2)18-3)17-12-8(6-13)9(14)5-10(15)16-12/h5,7,11H,4H2,1-3H3,(H5,14,15,16,17). The SMILES string of the molecule is CCC(Nc1nc(N)cc(N)c1C#N)OC(C)OC. The predicted molar refractivity (Wildman–Crippen MR) is 73.0 cm³/mol. The Hall–Kier alpha value is -2.04. The molecule has 1 rings (SSSR count). The van der Waals surface area contributed by atoms with Crippen molar-refractivity contribution in [3.63, 3.8) is 0 Å². The Morgan fingerprint density at radius 3 is 2.74 bits per heavy atom. The average molecular weight is 265 g/mol. The van der Waals surface area contributed by atoms with Crippen LogP contribution in [0.15, 0.2) is 6.07 Å². The molecule has 5 N–H and O–H groups in total. The molecule has 1 aromatic rings. The number of ether oxygens (including phenoxy) is 2. The lowest BCUT2D eigenvalue weighted by molar-refractivity contribution is -0.136. The molecule has 0 fully saturated rings. The van der Waals surface area contributed by atoms with E-state index in [1.807, 2.05) is 13.0 Å². The maximum absolute atomic E-state index is 9.09. The largest absolute Gasteiger partial charge is 0.397 e. The molecule has 19 heavy (non-hydrogen) atoms. The summed E-state index contributed by atoms with van der Waals surface area (Å²) >= 11 is 0. The van der Waals surface area contributed by atoms with E-state index in [0.29, 0.717) is 12.2 Å². The van der Waals surface area contributed by atoms with Gasteiger partial charge in [-0.2, -0.15) is 5.26 Å². The van der Waals surface area contributed by atoms with Crippen molar-refractivity contribution in [3.05, 3.63) is 11.6 Å². The molecule has 7 nitrogen and oxygen atoms in total. The second-order valence-corrected chi connectivity index (χ2v) is 3.95. The number of nitrogens with one attached hydrogen (secondary N) is 1. The topological polar surface area (TPSA) is 119 Å². The first-order chi connectivity index (χ1) is 9.01. The molecule has 0 spiro atoms. The second-order valence-electron chi connectivity index (χ2n) is 3.95. The first kappa shape index (κ1) is 15.0. The summed E-state index contributed by atoms with van der Waals surface area (Å²) in [6.45, 7) is 3.71. The van der Waals surface area contributed by atoms with E-state index < -0.39 is 0 Å². The molecule has 0 amide bonds. The molecule has 0 bridgehead atoms. The summed E-state index contributed by atoms with van der Waals surface area (Å²) in [5.41, 5.74) is 11.9. The predicted octanol–water partition coefficient (Wildman–Crippen LogP) is 1.27. The zero-order valence-electron chi connectivity index (χ0n) is 11.3. The molecule has 1 aromatic heterocycles. The van der Waals surface area contributed by atoms with Crippen molar-refractivity contribution in [1.29, 1.82) is 5.26 Å². The number of anilines is 3. The minimum atomic E-state index is -0.374. The number of hydrogen-bond acceptors (Lipinski definition) is 7. The molecule has 7 heteroatoms. The highest BCUT2D eigenvalue weighted by atomic mass is 16.7. The molecule has 1 heterocycles. The van der Waals surface area contributed by atoms with Gasteiger partial charge in [-0.3, -0.25) is 0 Å². The fraction of sp³-hybridized carbons (Fsp3) is 0.500. The summed E-state index contributed by atoms with van der Waals surface area (Å²) in [5.74, 6) is 0.559. The number of pyridine rings is 1. The van der Waals surface area contributed by atoms with Gasteiger partial charge in [0, 0.05) is 13.2 Å². The van der Waals surface area contributed by atoms with Crippen LogP contribution >= 0.6 is 0 Å². The quantitative estimate of drug-likeness (QED) is 0.662. The number of nitrogen functional groups attached to an aromatic ring is 2. The number of nitrogens with zero attached hydrogens (tertiary/aromatic N) is 2. The van der Waals surface area contributed by atoms with Gasteiger partial charge in [-0.1, -0.05) is 6.92 Å². The lowest BCUT2D eigenvalue weighted by atomic mass is 10.2. The smallest absolute Gasteiger partial charge is 0.157 e. The van der Waals surface area contributed by atoms with Crippen molar-refractivity contribution in [2.75, 3.05) is 23.9 Å². The van der Waals surface area contributed by atoms with Crippen LogP contribution in [0.25, 0.3) is 0 Å².